The van der Waals surface area contributed by atoms with Crippen LogP contribution in [-0.2, 0) is 4.74 Å². The van der Waals surface area contributed by atoms with Crippen molar-refractivity contribution in [1.82, 2.24) is 0 Å². The van der Waals surface area contributed by atoms with Gasteiger partial charge in [-0.1, -0.05) is 6.07 Å². The van der Waals surface area contributed by atoms with Gasteiger partial charge >= 0.3 is 5.69 Å². The first-order valence-electron chi connectivity index (χ1n) is 5.90. The average molecular weight is 252 g/mol. The third kappa shape index (κ3) is 2.60. The summed E-state index contributed by atoms with van der Waals surface area (Å²) in [6.07, 6.45) is 1.71. The standard InChI is InChI=1S/C12H16N2O4/c13-12(8-3-5-18-6-4-8)9-1-2-11(15)10(7-9)14(16)17/h1-2,7-8,12,15H,3-6,13H2/t12-/m0/s1. The van der Waals surface area contributed by atoms with E-state index in [-0.39, 0.29) is 23.4 Å². The number of phenolic OH excluding ortho intramolecular Hbond substituents is 1. The van der Waals surface area contributed by atoms with Crippen LogP contribution >= 0.6 is 0 Å². The van der Waals surface area contributed by atoms with E-state index in [0.717, 1.165) is 12.8 Å². The molecule has 0 amide bonds. The lowest BCUT2D eigenvalue weighted by Gasteiger charge is -2.27. The van der Waals surface area contributed by atoms with Crippen molar-refractivity contribution in [2.75, 3.05) is 13.2 Å². The van der Waals surface area contributed by atoms with Crippen molar-refractivity contribution in [1.29, 1.82) is 0 Å². The summed E-state index contributed by atoms with van der Waals surface area (Å²) in [6, 6.07) is 4.07. The normalized spacial score (nSPS) is 18.5. The largest absolute Gasteiger partial charge is 0.502 e. The maximum atomic E-state index is 10.8. The molecule has 0 unspecified atom stereocenters. The van der Waals surface area contributed by atoms with Crippen molar-refractivity contribution in [3.8, 4) is 5.75 Å². The van der Waals surface area contributed by atoms with E-state index in [0.29, 0.717) is 18.8 Å². The predicted molar refractivity (Wildman–Crippen MR) is 65.2 cm³/mol. The Balaban J connectivity index is 2.21. The number of nitro benzene ring substituents is 1. The molecule has 1 aliphatic heterocycles. The summed E-state index contributed by atoms with van der Waals surface area (Å²) in [5.41, 5.74) is 6.52. The number of benzene rings is 1. The second kappa shape index (κ2) is 5.32. The Hall–Kier alpha value is -1.66. The molecular weight excluding hydrogens is 236 g/mol. The van der Waals surface area contributed by atoms with E-state index >= 15 is 0 Å². The number of nitrogens with zero attached hydrogens (tertiary/aromatic N) is 1. The fourth-order valence-electron chi connectivity index (χ4n) is 2.24. The monoisotopic (exact) mass is 252 g/mol. The molecule has 0 radical (unpaired) electrons. The van der Waals surface area contributed by atoms with Gasteiger partial charge < -0.3 is 15.6 Å². The SMILES string of the molecule is N[C@H](c1ccc(O)c([N+](=O)[O-])c1)C1CCOCC1. The topological polar surface area (TPSA) is 98.6 Å². The number of nitro groups is 1. The van der Waals surface area contributed by atoms with Crippen LogP contribution in [0.5, 0.6) is 5.75 Å². The maximum Gasteiger partial charge on any atom is 0.311 e. The summed E-state index contributed by atoms with van der Waals surface area (Å²) in [4.78, 5) is 10.2. The quantitative estimate of drug-likeness (QED) is 0.630. The Kier molecular flexibility index (Phi) is 3.78. The Morgan fingerprint density at radius 3 is 2.72 bits per heavy atom. The molecule has 1 fully saturated rings. The van der Waals surface area contributed by atoms with Gasteiger partial charge in [-0.15, -0.1) is 0 Å². The summed E-state index contributed by atoms with van der Waals surface area (Å²) in [5.74, 6) is -0.0641. The van der Waals surface area contributed by atoms with Crippen molar-refractivity contribution in [2.24, 2.45) is 11.7 Å². The van der Waals surface area contributed by atoms with Crippen LogP contribution in [-0.4, -0.2) is 23.2 Å². The number of hydrogen-bond acceptors (Lipinski definition) is 5. The molecule has 6 heteroatoms. The number of nitrogens with two attached hydrogens (primary N) is 1. The fraction of sp³-hybridized carbons (Fsp3) is 0.500. The van der Waals surface area contributed by atoms with Crippen LogP contribution in [0.3, 0.4) is 0 Å². The first-order valence-corrected chi connectivity index (χ1v) is 5.90. The molecule has 0 bridgehead atoms. The molecule has 0 spiro atoms. The van der Waals surface area contributed by atoms with Gasteiger partial charge in [-0.05, 0) is 30.4 Å². The van der Waals surface area contributed by atoms with Crippen LogP contribution in [0.4, 0.5) is 5.69 Å². The number of phenols is 1. The molecule has 3 N–H and O–H groups in total. The van der Waals surface area contributed by atoms with Gasteiger partial charge in [0.05, 0.1) is 4.92 Å². The van der Waals surface area contributed by atoms with Crippen LogP contribution in [0, 0.1) is 16.0 Å². The smallest absolute Gasteiger partial charge is 0.311 e. The molecule has 1 heterocycles. The zero-order valence-electron chi connectivity index (χ0n) is 9.91. The second-order valence-corrected chi connectivity index (χ2v) is 4.48. The maximum absolute atomic E-state index is 10.8. The molecule has 0 aromatic heterocycles. The Labute approximate surface area is 105 Å². The molecule has 1 atom stereocenters. The minimum absolute atomic E-state index is 0.256. The van der Waals surface area contributed by atoms with Gasteiger partial charge in [-0.25, -0.2) is 0 Å². The lowest BCUT2D eigenvalue weighted by Crippen LogP contribution is -2.27. The van der Waals surface area contributed by atoms with Gasteiger partial charge in [0.25, 0.3) is 0 Å². The van der Waals surface area contributed by atoms with Crippen LogP contribution < -0.4 is 5.73 Å². The molecular formula is C12H16N2O4. The number of hydrogen-bond donors (Lipinski definition) is 2. The molecule has 18 heavy (non-hydrogen) atoms. The Morgan fingerprint density at radius 2 is 2.11 bits per heavy atom. The van der Waals surface area contributed by atoms with Gasteiger partial charge in [-0.2, -0.15) is 0 Å². The average Bonchev–Trinajstić information content (AvgIpc) is 2.39. The first-order chi connectivity index (χ1) is 8.59. The number of rotatable bonds is 3. The van der Waals surface area contributed by atoms with Gasteiger partial charge in [0.1, 0.15) is 0 Å². The van der Waals surface area contributed by atoms with Crippen LogP contribution in [0.1, 0.15) is 24.4 Å². The zero-order chi connectivity index (χ0) is 13.1. The highest BCUT2D eigenvalue weighted by Gasteiger charge is 2.24. The predicted octanol–water partition coefficient (Wildman–Crippen LogP) is 1.73. The fourth-order valence-corrected chi connectivity index (χ4v) is 2.24. The van der Waals surface area contributed by atoms with E-state index in [1.165, 1.54) is 12.1 Å². The number of ether oxygens (including phenoxy) is 1. The van der Waals surface area contributed by atoms with Gasteiger partial charge in [0.2, 0.25) is 0 Å². The number of aromatic hydroxyl groups is 1. The molecule has 6 nitrogen and oxygen atoms in total. The van der Waals surface area contributed by atoms with Crippen molar-refractivity contribution in [3.63, 3.8) is 0 Å². The van der Waals surface area contributed by atoms with Crippen molar-refractivity contribution in [2.45, 2.75) is 18.9 Å². The van der Waals surface area contributed by atoms with Crippen LogP contribution in [0.25, 0.3) is 0 Å². The highest BCUT2D eigenvalue weighted by molar-refractivity contribution is 5.48. The Bertz CT molecular complexity index is 444. The van der Waals surface area contributed by atoms with E-state index in [1.54, 1.807) is 6.07 Å². The van der Waals surface area contributed by atoms with Crippen molar-refractivity contribution >= 4 is 5.69 Å². The van der Waals surface area contributed by atoms with E-state index in [4.69, 9.17) is 10.5 Å². The van der Waals surface area contributed by atoms with Gasteiger partial charge in [-0.3, -0.25) is 10.1 Å². The Morgan fingerprint density at radius 1 is 1.44 bits per heavy atom. The summed E-state index contributed by atoms with van der Waals surface area (Å²) in [6.45, 7) is 1.36. The van der Waals surface area contributed by atoms with E-state index < -0.39 is 4.92 Å². The third-order valence-corrected chi connectivity index (χ3v) is 3.35. The van der Waals surface area contributed by atoms with Gasteiger partial charge in [0.15, 0.2) is 5.75 Å². The molecule has 0 aliphatic carbocycles. The minimum atomic E-state index is -0.602. The zero-order valence-corrected chi connectivity index (χ0v) is 9.91. The lowest BCUT2D eigenvalue weighted by molar-refractivity contribution is -0.385. The van der Waals surface area contributed by atoms with Crippen molar-refractivity contribution < 1.29 is 14.8 Å². The summed E-state index contributed by atoms with van der Waals surface area (Å²) < 4.78 is 5.26. The summed E-state index contributed by atoms with van der Waals surface area (Å²) in [5, 5.41) is 20.2. The van der Waals surface area contributed by atoms with Crippen LogP contribution in [0.2, 0.25) is 0 Å². The lowest BCUT2D eigenvalue weighted by atomic mass is 9.87. The second-order valence-electron chi connectivity index (χ2n) is 4.48. The van der Waals surface area contributed by atoms with Crippen molar-refractivity contribution in [3.05, 3.63) is 33.9 Å². The molecule has 1 aromatic carbocycles. The first kappa shape index (κ1) is 12.8. The van der Waals surface area contributed by atoms with Crippen LogP contribution in [0.15, 0.2) is 18.2 Å². The summed E-state index contributed by atoms with van der Waals surface area (Å²) in [7, 11) is 0. The highest BCUT2D eigenvalue weighted by Crippen LogP contribution is 2.33. The molecule has 1 aliphatic rings. The van der Waals surface area contributed by atoms with E-state index in [9.17, 15) is 15.2 Å². The molecule has 0 saturated carbocycles. The molecule has 2 rings (SSSR count). The van der Waals surface area contributed by atoms with E-state index in [1.807, 2.05) is 0 Å². The molecule has 1 saturated heterocycles. The minimum Gasteiger partial charge on any atom is -0.502 e. The third-order valence-electron chi connectivity index (χ3n) is 3.35. The molecule has 1 aromatic rings. The van der Waals surface area contributed by atoms with E-state index in [2.05, 4.69) is 0 Å². The summed E-state index contributed by atoms with van der Waals surface area (Å²) >= 11 is 0. The van der Waals surface area contributed by atoms with Gasteiger partial charge in [0, 0.05) is 25.3 Å². The molecule has 98 valence electrons. The highest BCUT2D eigenvalue weighted by atomic mass is 16.6.